The minimum atomic E-state index is 0.608. The molecule has 2 unspecified atom stereocenters. The van der Waals surface area contributed by atoms with Crippen molar-refractivity contribution in [3.8, 4) is 6.07 Å². The summed E-state index contributed by atoms with van der Waals surface area (Å²) in [6, 6.07) is 9.86. The summed E-state index contributed by atoms with van der Waals surface area (Å²) in [5.74, 6) is 2.40. The van der Waals surface area contributed by atoms with Gasteiger partial charge in [-0.15, -0.1) is 0 Å². The quantitative estimate of drug-likeness (QED) is 0.689. The average molecular weight is 298 g/mol. The number of nitriles is 1. The fourth-order valence-electron chi connectivity index (χ4n) is 3.17. The maximum absolute atomic E-state index is 8.98. The van der Waals surface area contributed by atoms with E-state index in [2.05, 4.69) is 37.1 Å². The molecule has 0 aliphatic carbocycles. The van der Waals surface area contributed by atoms with E-state index in [1.54, 1.807) is 0 Å². The Labute approximate surface area is 133 Å². The van der Waals surface area contributed by atoms with Gasteiger partial charge in [-0.3, -0.25) is 0 Å². The number of nitrogens with one attached hydrogen (secondary N) is 1. The topological polar surface area (TPSA) is 51.4 Å². The fourth-order valence-corrected chi connectivity index (χ4v) is 3.17. The smallest absolute Gasteiger partial charge is 0.194 e. The van der Waals surface area contributed by atoms with Gasteiger partial charge in [0, 0.05) is 19.6 Å². The summed E-state index contributed by atoms with van der Waals surface area (Å²) in [6.45, 7) is 10.3. The number of hydrogen-bond acceptors (Lipinski definition) is 2. The van der Waals surface area contributed by atoms with Gasteiger partial charge in [0.15, 0.2) is 5.96 Å². The lowest BCUT2D eigenvalue weighted by Crippen LogP contribution is -2.48. The van der Waals surface area contributed by atoms with Crippen LogP contribution in [0.2, 0.25) is 0 Å². The van der Waals surface area contributed by atoms with Crippen molar-refractivity contribution in [2.45, 2.75) is 33.7 Å². The van der Waals surface area contributed by atoms with Gasteiger partial charge in [0.05, 0.1) is 18.2 Å². The number of rotatable bonds is 3. The summed E-state index contributed by atoms with van der Waals surface area (Å²) in [6.07, 6.45) is 1.29. The molecule has 1 aromatic rings. The molecular formula is C18H26N4. The maximum Gasteiger partial charge on any atom is 0.194 e. The van der Waals surface area contributed by atoms with E-state index in [-0.39, 0.29) is 0 Å². The first kappa shape index (κ1) is 16.4. The van der Waals surface area contributed by atoms with Gasteiger partial charge >= 0.3 is 0 Å². The van der Waals surface area contributed by atoms with Crippen LogP contribution in [-0.4, -0.2) is 30.5 Å². The third-order valence-corrected chi connectivity index (χ3v) is 3.97. The Hall–Kier alpha value is -2.02. The molecule has 1 saturated heterocycles. The molecule has 1 fully saturated rings. The molecule has 4 heteroatoms. The van der Waals surface area contributed by atoms with Gasteiger partial charge in [0.25, 0.3) is 0 Å². The molecule has 0 bridgehead atoms. The normalized spacial score (nSPS) is 22.3. The zero-order chi connectivity index (χ0) is 15.9. The second kappa shape index (κ2) is 7.84. The van der Waals surface area contributed by atoms with Crippen molar-refractivity contribution < 1.29 is 0 Å². The lowest BCUT2D eigenvalue weighted by atomic mass is 9.92. The average Bonchev–Trinajstić information content (AvgIpc) is 2.50. The third kappa shape index (κ3) is 4.49. The van der Waals surface area contributed by atoms with Crippen LogP contribution in [0.25, 0.3) is 0 Å². The van der Waals surface area contributed by atoms with Crippen molar-refractivity contribution >= 4 is 5.96 Å². The van der Waals surface area contributed by atoms with Gasteiger partial charge in [-0.2, -0.15) is 5.26 Å². The first-order chi connectivity index (χ1) is 10.6. The molecule has 1 aliphatic heterocycles. The predicted molar refractivity (Wildman–Crippen MR) is 90.5 cm³/mol. The highest BCUT2D eigenvalue weighted by molar-refractivity contribution is 5.80. The molecule has 4 nitrogen and oxygen atoms in total. The van der Waals surface area contributed by atoms with Crippen molar-refractivity contribution in [1.29, 1.82) is 5.26 Å². The van der Waals surface area contributed by atoms with Crippen LogP contribution in [0.1, 0.15) is 38.3 Å². The molecule has 1 N–H and O–H groups in total. The van der Waals surface area contributed by atoms with Crippen molar-refractivity contribution in [2.75, 3.05) is 19.6 Å². The molecule has 0 amide bonds. The van der Waals surface area contributed by atoms with Crippen LogP contribution in [0.4, 0.5) is 0 Å². The Morgan fingerprint density at radius 2 is 2.09 bits per heavy atom. The van der Waals surface area contributed by atoms with E-state index >= 15 is 0 Å². The number of piperidine rings is 1. The zero-order valence-corrected chi connectivity index (χ0v) is 13.8. The van der Waals surface area contributed by atoms with E-state index < -0.39 is 0 Å². The van der Waals surface area contributed by atoms with Crippen LogP contribution < -0.4 is 5.32 Å². The van der Waals surface area contributed by atoms with Crippen molar-refractivity contribution in [1.82, 2.24) is 10.2 Å². The van der Waals surface area contributed by atoms with Crippen molar-refractivity contribution in [2.24, 2.45) is 16.8 Å². The van der Waals surface area contributed by atoms with Crippen LogP contribution >= 0.6 is 0 Å². The highest BCUT2D eigenvalue weighted by atomic mass is 15.3. The molecule has 0 saturated carbocycles. The second-order valence-corrected chi connectivity index (χ2v) is 6.33. The van der Waals surface area contributed by atoms with E-state index in [9.17, 15) is 0 Å². The van der Waals surface area contributed by atoms with Gasteiger partial charge < -0.3 is 10.2 Å². The Morgan fingerprint density at radius 1 is 1.36 bits per heavy atom. The standard InChI is InChI=1S/C18H26N4/c1-4-20-18(22-12-14(2)8-15(3)13-22)21-11-17-7-5-6-16(9-17)10-19/h5-7,9,14-15H,4,8,11-13H2,1-3H3,(H,20,21). The van der Waals surface area contributed by atoms with Gasteiger partial charge in [-0.05, 0) is 42.9 Å². The van der Waals surface area contributed by atoms with Crippen LogP contribution in [0.3, 0.4) is 0 Å². The molecule has 0 spiro atoms. The molecule has 22 heavy (non-hydrogen) atoms. The molecule has 2 atom stereocenters. The highest BCUT2D eigenvalue weighted by Gasteiger charge is 2.23. The molecule has 118 valence electrons. The van der Waals surface area contributed by atoms with E-state index in [4.69, 9.17) is 10.3 Å². The third-order valence-electron chi connectivity index (χ3n) is 3.97. The number of nitrogens with zero attached hydrogens (tertiary/aromatic N) is 3. The molecular weight excluding hydrogens is 272 g/mol. The number of guanidine groups is 1. The zero-order valence-electron chi connectivity index (χ0n) is 13.8. The maximum atomic E-state index is 8.98. The summed E-state index contributed by atoms with van der Waals surface area (Å²) < 4.78 is 0. The summed E-state index contributed by atoms with van der Waals surface area (Å²) in [7, 11) is 0. The molecule has 2 rings (SSSR count). The first-order valence-electron chi connectivity index (χ1n) is 8.14. The Morgan fingerprint density at radius 3 is 2.73 bits per heavy atom. The first-order valence-corrected chi connectivity index (χ1v) is 8.14. The molecule has 1 aromatic carbocycles. The summed E-state index contributed by atoms with van der Waals surface area (Å²) >= 11 is 0. The van der Waals surface area contributed by atoms with Gasteiger partial charge in [0.1, 0.15) is 0 Å². The molecule has 1 heterocycles. The highest BCUT2D eigenvalue weighted by Crippen LogP contribution is 2.21. The van der Waals surface area contributed by atoms with E-state index in [0.717, 1.165) is 31.2 Å². The fraction of sp³-hybridized carbons (Fsp3) is 0.556. The minimum absolute atomic E-state index is 0.608. The van der Waals surface area contributed by atoms with Crippen LogP contribution in [0, 0.1) is 23.2 Å². The molecule has 0 radical (unpaired) electrons. The van der Waals surface area contributed by atoms with Crippen LogP contribution in [0.5, 0.6) is 0 Å². The lowest BCUT2D eigenvalue weighted by molar-refractivity contribution is 0.208. The number of aliphatic imine (C=N–C) groups is 1. The number of likely N-dealkylation sites (tertiary alicyclic amines) is 1. The SMILES string of the molecule is CCNC(=NCc1cccc(C#N)c1)N1CC(C)CC(C)C1. The van der Waals surface area contributed by atoms with Crippen molar-refractivity contribution in [3.05, 3.63) is 35.4 Å². The monoisotopic (exact) mass is 298 g/mol. The van der Waals surface area contributed by atoms with Crippen LogP contribution in [-0.2, 0) is 6.54 Å². The lowest BCUT2D eigenvalue weighted by Gasteiger charge is -2.37. The number of benzene rings is 1. The minimum Gasteiger partial charge on any atom is -0.357 e. The summed E-state index contributed by atoms with van der Waals surface area (Å²) in [5.41, 5.74) is 1.77. The second-order valence-electron chi connectivity index (χ2n) is 6.33. The van der Waals surface area contributed by atoms with E-state index in [1.165, 1.54) is 6.42 Å². The van der Waals surface area contributed by atoms with Gasteiger partial charge in [-0.25, -0.2) is 4.99 Å². The molecule has 0 aromatic heterocycles. The largest absolute Gasteiger partial charge is 0.357 e. The van der Waals surface area contributed by atoms with Gasteiger partial charge in [0.2, 0.25) is 0 Å². The number of hydrogen-bond donors (Lipinski definition) is 1. The van der Waals surface area contributed by atoms with E-state index in [0.29, 0.717) is 23.9 Å². The Bertz CT molecular complexity index is 548. The molecule has 1 aliphatic rings. The Kier molecular flexibility index (Phi) is 5.83. The van der Waals surface area contributed by atoms with Gasteiger partial charge in [-0.1, -0.05) is 26.0 Å². The van der Waals surface area contributed by atoms with Crippen molar-refractivity contribution in [3.63, 3.8) is 0 Å². The van der Waals surface area contributed by atoms with E-state index in [1.807, 2.05) is 24.3 Å². The van der Waals surface area contributed by atoms with Crippen LogP contribution in [0.15, 0.2) is 29.3 Å². The predicted octanol–water partition coefficient (Wildman–Crippen LogP) is 3.00. The summed E-state index contributed by atoms with van der Waals surface area (Å²) in [5, 5.41) is 12.4. The Balaban J connectivity index is 2.11. The summed E-state index contributed by atoms with van der Waals surface area (Å²) in [4.78, 5) is 7.15.